The quantitative estimate of drug-likeness (QED) is 0.378. The summed E-state index contributed by atoms with van der Waals surface area (Å²) in [7, 11) is 0. The summed E-state index contributed by atoms with van der Waals surface area (Å²) in [5.41, 5.74) is 11.3. The third-order valence-corrected chi connectivity index (χ3v) is 9.50. The predicted octanol–water partition coefficient (Wildman–Crippen LogP) is 5.76. The van der Waals surface area contributed by atoms with Crippen LogP contribution in [-0.4, -0.2) is 79.1 Å². The topological polar surface area (TPSA) is 62.0 Å². The molecule has 2 fully saturated rings. The highest BCUT2D eigenvalue weighted by Crippen LogP contribution is 2.31. The van der Waals surface area contributed by atoms with Crippen LogP contribution in [0.1, 0.15) is 62.1 Å². The van der Waals surface area contributed by atoms with E-state index >= 15 is 0 Å². The number of likely N-dealkylation sites (tertiary alicyclic amines) is 1. The first kappa shape index (κ1) is 31.0. The Bertz CT molecular complexity index is 1240. The van der Waals surface area contributed by atoms with Crippen LogP contribution in [0.15, 0.2) is 42.5 Å². The van der Waals surface area contributed by atoms with E-state index in [0.29, 0.717) is 50.6 Å². The van der Waals surface area contributed by atoms with E-state index in [2.05, 4.69) is 28.0 Å². The van der Waals surface area contributed by atoms with Crippen LogP contribution in [0.3, 0.4) is 0 Å². The van der Waals surface area contributed by atoms with Gasteiger partial charge in [0.25, 0.3) is 0 Å². The Morgan fingerprint density at radius 1 is 1.07 bits per heavy atom. The SMILES string of the molecule is CCOc1cccc(F)c1CN1CCN(C(=O)[C@H](N)C2CCN(CCc3cc(Cl)ccc3C3=CCCCC3)CC2)CC1. The Hall–Kier alpha value is -2.45. The minimum Gasteiger partial charge on any atom is -0.493 e. The maximum absolute atomic E-state index is 14.5. The molecule has 0 unspecified atom stereocenters. The van der Waals surface area contributed by atoms with Crippen LogP contribution in [0, 0.1) is 11.7 Å². The van der Waals surface area contributed by atoms with Crippen LogP contribution < -0.4 is 10.5 Å². The van der Waals surface area contributed by atoms with E-state index in [0.717, 1.165) is 50.3 Å². The van der Waals surface area contributed by atoms with Crippen LogP contribution in [0.2, 0.25) is 5.02 Å². The molecule has 0 bridgehead atoms. The van der Waals surface area contributed by atoms with Crippen LogP contribution in [-0.2, 0) is 17.8 Å². The van der Waals surface area contributed by atoms with Crippen molar-refractivity contribution in [2.24, 2.45) is 11.7 Å². The monoisotopic (exact) mass is 596 g/mol. The highest BCUT2D eigenvalue weighted by Gasteiger charge is 2.33. The van der Waals surface area contributed by atoms with E-state index in [9.17, 15) is 9.18 Å². The Morgan fingerprint density at radius 2 is 1.86 bits per heavy atom. The fraction of sp³-hybridized carbons (Fsp3) is 0.559. The lowest BCUT2D eigenvalue weighted by Gasteiger charge is -2.39. The number of ether oxygens (including phenoxy) is 1. The second-order valence-electron chi connectivity index (χ2n) is 12.0. The van der Waals surface area contributed by atoms with Crippen molar-refractivity contribution in [2.45, 2.75) is 64.5 Å². The van der Waals surface area contributed by atoms with Crippen molar-refractivity contribution in [3.05, 3.63) is 70.0 Å². The highest BCUT2D eigenvalue weighted by atomic mass is 35.5. The molecule has 8 heteroatoms. The summed E-state index contributed by atoms with van der Waals surface area (Å²) in [5.74, 6) is 0.604. The van der Waals surface area contributed by atoms with Crippen molar-refractivity contribution < 1.29 is 13.9 Å². The molecule has 3 aliphatic rings. The molecule has 2 aliphatic heterocycles. The van der Waals surface area contributed by atoms with Gasteiger partial charge in [-0.3, -0.25) is 9.69 Å². The van der Waals surface area contributed by atoms with Crippen LogP contribution in [0.5, 0.6) is 5.75 Å². The molecule has 6 nitrogen and oxygen atoms in total. The van der Waals surface area contributed by atoms with Crippen LogP contribution in [0.4, 0.5) is 4.39 Å². The van der Waals surface area contributed by atoms with Gasteiger partial charge in [-0.1, -0.05) is 29.8 Å². The number of piperidine rings is 1. The number of hydrogen-bond donors (Lipinski definition) is 1. The van der Waals surface area contributed by atoms with Crippen LogP contribution >= 0.6 is 11.6 Å². The number of hydrogen-bond acceptors (Lipinski definition) is 5. The summed E-state index contributed by atoms with van der Waals surface area (Å²) in [6.07, 6.45) is 10.1. The third kappa shape index (κ3) is 7.73. The second kappa shape index (κ2) is 14.8. The second-order valence-corrected chi connectivity index (χ2v) is 12.4. The lowest BCUT2D eigenvalue weighted by Crippen LogP contribution is -2.55. The molecule has 5 rings (SSSR count). The number of carbonyl (C=O) groups is 1. The molecule has 0 saturated carbocycles. The van der Waals surface area contributed by atoms with Gasteiger partial charge in [0, 0.05) is 49.9 Å². The normalized spacial score (nSPS) is 19.9. The number of allylic oxidation sites excluding steroid dienone is 2. The number of nitrogens with zero attached hydrogens (tertiary/aromatic N) is 3. The van der Waals surface area contributed by atoms with Gasteiger partial charge in [0.15, 0.2) is 0 Å². The first-order valence-electron chi connectivity index (χ1n) is 15.8. The number of rotatable bonds is 10. The van der Waals surface area contributed by atoms with Gasteiger partial charge in [0.1, 0.15) is 11.6 Å². The highest BCUT2D eigenvalue weighted by molar-refractivity contribution is 6.30. The molecule has 1 amide bonds. The molecular formula is C34H46ClFN4O2. The lowest BCUT2D eigenvalue weighted by atomic mass is 9.88. The average molecular weight is 597 g/mol. The fourth-order valence-corrected chi connectivity index (χ4v) is 6.92. The molecular weight excluding hydrogens is 551 g/mol. The van der Waals surface area contributed by atoms with Gasteiger partial charge in [-0.2, -0.15) is 0 Å². The van der Waals surface area contributed by atoms with E-state index in [4.69, 9.17) is 22.1 Å². The number of halogens is 2. The van der Waals surface area contributed by atoms with E-state index in [1.165, 1.54) is 42.0 Å². The van der Waals surface area contributed by atoms with Gasteiger partial charge in [-0.25, -0.2) is 4.39 Å². The summed E-state index contributed by atoms with van der Waals surface area (Å²) in [4.78, 5) is 19.9. The van der Waals surface area contributed by atoms with E-state index < -0.39 is 6.04 Å². The Morgan fingerprint density at radius 3 is 2.57 bits per heavy atom. The molecule has 2 N–H and O–H groups in total. The molecule has 228 valence electrons. The molecule has 42 heavy (non-hydrogen) atoms. The van der Waals surface area contributed by atoms with Crippen molar-refractivity contribution in [2.75, 3.05) is 52.4 Å². The smallest absolute Gasteiger partial charge is 0.239 e. The summed E-state index contributed by atoms with van der Waals surface area (Å²) in [6.45, 7) is 8.40. The number of amides is 1. The zero-order valence-electron chi connectivity index (χ0n) is 25.0. The molecule has 0 radical (unpaired) electrons. The maximum atomic E-state index is 14.5. The van der Waals surface area contributed by atoms with Crippen molar-refractivity contribution >= 4 is 23.1 Å². The average Bonchev–Trinajstić information content (AvgIpc) is 3.02. The zero-order valence-corrected chi connectivity index (χ0v) is 25.8. The molecule has 0 aromatic heterocycles. The van der Waals surface area contributed by atoms with Gasteiger partial charge in [0.05, 0.1) is 12.6 Å². The van der Waals surface area contributed by atoms with Gasteiger partial charge in [-0.15, -0.1) is 0 Å². The van der Waals surface area contributed by atoms with E-state index in [1.807, 2.05) is 24.0 Å². The fourth-order valence-electron chi connectivity index (χ4n) is 6.72. The molecule has 2 saturated heterocycles. The van der Waals surface area contributed by atoms with Gasteiger partial charge in [0.2, 0.25) is 5.91 Å². The summed E-state index contributed by atoms with van der Waals surface area (Å²) >= 11 is 6.39. The summed E-state index contributed by atoms with van der Waals surface area (Å²) in [5, 5.41) is 0.802. The van der Waals surface area contributed by atoms with Crippen molar-refractivity contribution in [1.29, 1.82) is 0 Å². The van der Waals surface area contributed by atoms with E-state index in [-0.39, 0.29) is 17.6 Å². The summed E-state index contributed by atoms with van der Waals surface area (Å²) < 4.78 is 20.2. The Kier molecular flexibility index (Phi) is 10.9. The Balaban J connectivity index is 1.07. The molecule has 2 heterocycles. The Labute approximate surface area is 255 Å². The number of benzene rings is 2. The van der Waals surface area contributed by atoms with Gasteiger partial charge in [-0.05, 0) is 112 Å². The standard InChI is InChI=1S/C34H46ClFN4O2/c1-2-42-32-10-6-9-31(36)30(32)24-39-19-21-40(22-20-39)34(41)33(37)26-13-16-38(17-14-26)18-15-27-23-28(35)11-12-29(27)25-7-4-3-5-8-25/h6-7,9-12,23,26,33H,2-5,8,13-22,24,37H2,1H3/t33-/m1/s1. The minimum absolute atomic E-state index is 0.0540. The number of carbonyl (C=O) groups excluding carboxylic acids is 1. The number of nitrogens with two attached hydrogens (primary N) is 1. The predicted molar refractivity (Wildman–Crippen MR) is 168 cm³/mol. The zero-order chi connectivity index (χ0) is 29.5. The molecule has 2 aromatic rings. The molecule has 1 aliphatic carbocycles. The van der Waals surface area contributed by atoms with Crippen molar-refractivity contribution in [1.82, 2.24) is 14.7 Å². The van der Waals surface area contributed by atoms with Crippen molar-refractivity contribution in [3.8, 4) is 5.75 Å². The lowest BCUT2D eigenvalue weighted by molar-refractivity contribution is -0.136. The molecule has 0 spiro atoms. The minimum atomic E-state index is -0.465. The first-order valence-corrected chi connectivity index (χ1v) is 16.2. The molecule has 1 atom stereocenters. The molecule has 2 aromatic carbocycles. The summed E-state index contributed by atoms with van der Waals surface area (Å²) in [6, 6.07) is 10.9. The van der Waals surface area contributed by atoms with Crippen molar-refractivity contribution in [3.63, 3.8) is 0 Å². The van der Waals surface area contributed by atoms with Gasteiger partial charge >= 0.3 is 0 Å². The van der Waals surface area contributed by atoms with E-state index in [1.54, 1.807) is 6.07 Å². The first-order chi connectivity index (χ1) is 20.4. The third-order valence-electron chi connectivity index (χ3n) is 9.27. The maximum Gasteiger partial charge on any atom is 0.239 e. The van der Waals surface area contributed by atoms with Crippen LogP contribution in [0.25, 0.3) is 5.57 Å². The van der Waals surface area contributed by atoms with Gasteiger partial charge < -0.3 is 20.3 Å². The number of piperazine rings is 1. The largest absolute Gasteiger partial charge is 0.493 e.